The Morgan fingerprint density at radius 1 is 1.40 bits per heavy atom. The second kappa shape index (κ2) is 6.52. The number of benzene rings is 1. The number of ether oxygens (including phenoxy) is 1. The second-order valence-electron chi connectivity index (χ2n) is 5.05. The maximum atomic E-state index is 12.1. The Bertz CT molecular complexity index is 474. The molecule has 2 unspecified atom stereocenters. The smallest absolute Gasteiger partial charge is 0.308 e. The topological polar surface area (TPSA) is 66.8 Å². The molecule has 1 amide bonds. The molecule has 20 heavy (non-hydrogen) atoms. The maximum absolute atomic E-state index is 12.1. The van der Waals surface area contributed by atoms with Crippen molar-refractivity contribution in [1.29, 1.82) is 0 Å². The van der Waals surface area contributed by atoms with E-state index < -0.39 is 18.0 Å². The van der Waals surface area contributed by atoms with Crippen molar-refractivity contribution in [2.75, 3.05) is 13.1 Å². The van der Waals surface area contributed by atoms with Crippen LogP contribution in [0, 0.1) is 5.92 Å². The van der Waals surface area contributed by atoms with Gasteiger partial charge in [-0.25, -0.2) is 0 Å². The van der Waals surface area contributed by atoms with E-state index in [-0.39, 0.29) is 12.5 Å². The molecule has 1 aromatic rings. The molecular weight excluding hydrogens is 258 g/mol. The molecule has 5 heteroatoms. The van der Waals surface area contributed by atoms with Crippen LogP contribution < -0.4 is 0 Å². The summed E-state index contributed by atoms with van der Waals surface area (Å²) in [6.07, 6.45) is -0.0327. The van der Waals surface area contributed by atoms with E-state index in [1.807, 2.05) is 30.3 Å². The molecular formula is C15H19NO4. The standard InChI is InChI=1S/C15H19NO4/c1-11(20-10-12-5-3-2-4-6-12)14(17)16-8-7-13(9-16)15(18)19/h2-6,11,13H,7-10H2,1H3,(H,18,19). The van der Waals surface area contributed by atoms with Gasteiger partial charge in [-0.15, -0.1) is 0 Å². The van der Waals surface area contributed by atoms with Crippen molar-refractivity contribution in [2.45, 2.75) is 26.1 Å². The highest BCUT2D eigenvalue weighted by molar-refractivity contribution is 5.82. The number of rotatable bonds is 5. The summed E-state index contributed by atoms with van der Waals surface area (Å²) in [5.74, 6) is -1.41. The van der Waals surface area contributed by atoms with Crippen molar-refractivity contribution >= 4 is 11.9 Å². The Kier molecular flexibility index (Phi) is 4.74. The van der Waals surface area contributed by atoms with Gasteiger partial charge in [-0.1, -0.05) is 30.3 Å². The van der Waals surface area contributed by atoms with Crippen LogP contribution >= 0.6 is 0 Å². The Balaban J connectivity index is 1.82. The number of likely N-dealkylation sites (tertiary alicyclic amines) is 1. The molecule has 1 heterocycles. The number of carbonyl (C=O) groups excluding carboxylic acids is 1. The molecule has 108 valence electrons. The Labute approximate surface area is 118 Å². The summed E-state index contributed by atoms with van der Waals surface area (Å²) in [6.45, 7) is 2.87. The van der Waals surface area contributed by atoms with Crippen LogP contribution in [0.2, 0.25) is 0 Å². The van der Waals surface area contributed by atoms with Gasteiger partial charge in [-0.3, -0.25) is 9.59 Å². The number of carbonyl (C=O) groups is 2. The number of hydrogen-bond donors (Lipinski definition) is 1. The molecule has 2 atom stereocenters. The SMILES string of the molecule is CC(OCc1ccccc1)C(=O)N1CCC(C(=O)O)C1. The molecule has 0 saturated carbocycles. The predicted octanol–water partition coefficient (Wildman–Crippen LogP) is 1.52. The minimum atomic E-state index is -0.835. The molecule has 5 nitrogen and oxygen atoms in total. The van der Waals surface area contributed by atoms with E-state index in [0.717, 1.165) is 5.56 Å². The van der Waals surface area contributed by atoms with Crippen molar-refractivity contribution in [3.63, 3.8) is 0 Å². The predicted molar refractivity (Wildman–Crippen MR) is 73.0 cm³/mol. The van der Waals surface area contributed by atoms with Gasteiger partial charge in [0.1, 0.15) is 6.10 Å². The van der Waals surface area contributed by atoms with Gasteiger partial charge in [0.2, 0.25) is 0 Å². The van der Waals surface area contributed by atoms with Crippen LogP contribution in [0.5, 0.6) is 0 Å². The molecule has 0 aromatic heterocycles. The zero-order valence-corrected chi connectivity index (χ0v) is 11.5. The monoisotopic (exact) mass is 277 g/mol. The van der Waals surface area contributed by atoms with E-state index in [1.54, 1.807) is 11.8 Å². The average molecular weight is 277 g/mol. The third-order valence-electron chi connectivity index (χ3n) is 3.54. The van der Waals surface area contributed by atoms with Gasteiger partial charge in [-0.2, -0.15) is 0 Å². The second-order valence-corrected chi connectivity index (χ2v) is 5.05. The zero-order valence-electron chi connectivity index (χ0n) is 11.5. The number of aliphatic carboxylic acids is 1. The average Bonchev–Trinajstić information content (AvgIpc) is 2.95. The Morgan fingerprint density at radius 3 is 2.70 bits per heavy atom. The van der Waals surface area contributed by atoms with Crippen LogP contribution in [0.4, 0.5) is 0 Å². The summed E-state index contributed by atoms with van der Waals surface area (Å²) < 4.78 is 5.56. The summed E-state index contributed by atoms with van der Waals surface area (Å²) in [5, 5.41) is 8.93. The Morgan fingerprint density at radius 2 is 2.10 bits per heavy atom. The van der Waals surface area contributed by atoms with E-state index in [2.05, 4.69) is 0 Å². The molecule has 2 rings (SSSR count). The summed E-state index contributed by atoms with van der Waals surface area (Å²) in [5.41, 5.74) is 1.01. The van der Waals surface area contributed by atoms with Crippen LogP contribution in [0.25, 0.3) is 0 Å². The van der Waals surface area contributed by atoms with E-state index >= 15 is 0 Å². The summed E-state index contributed by atoms with van der Waals surface area (Å²) in [6, 6.07) is 9.64. The summed E-state index contributed by atoms with van der Waals surface area (Å²) in [7, 11) is 0. The lowest BCUT2D eigenvalue weighted by Crippen LogP contribution is -2.38. The number of carboxylic acids is 1. The molecule has 1 saturated heterocycles. The fourth-order valence-electron chi connectivity index (χ4n) is 2.29. The molecule has 0 radical (unpaired) electrons. The van der Waals surface area contributed by atoms with Gasteiger partial charge in [0.15, 0.2) is 0 Å². The maximum Gasteiger partial charge on any atom is 0.308 e. The fourth-order valence-corrected chi connectivity index (χ4v) is 2.29. The molecule has 1 aliphatic heterocycles. The third-order valence-corrected chi connectivity index (χ3v) is 3.54. The van der Waals surface area contributed by atoms with Crippen molar-refractivity contribution in [1.82, 2.24) is 4.90 Å². The molecule has 1 aromatic carbocycles. The highest BCUT2D eigenvalue weighted by Gasteiger charge is 2.32. The zero-order chi connectivity index (χ0) is 14.5. The first-order valence-electron chi connectivity index (χ1n) is 6.75. The molecule has 1 aliphatic rings. The number of nitrogens with zero attached hydrogens (tertiary/aromatic N) is 1. The molecule has 0 spiro atoms. The third kappa shape index (κ3) is 3.57. The van der Waals surface area contributed by atoms with Crippen LogP contribution in [-0.2, 0) is 20.9 Å². The van der Waals surface area contributed by atoms with E-state index in [9.17, 15) is 9.59 Å². The lowest BCUT2D eigenvalue weighted by Gasteiger charge is -2.21. The summed E-state index contributed by atoms with van der Waals surface area (Å²) >= 11 is 0. The highest BCUT2D eigenvalue weighted by Crippen LogP contribution is 2.18. The van der Waals surface area contributed by atoms with Crippen molar-refractivity contribution in [3.05, 3.63) is 35.9 Å². The van der Waals surface area contributed by atoms with E-state index in [4.69, 9.17) is 9.84 Å². The number of amides is 1. The van der Waals surface area contributed by atoms with Crippen LogP contribution in [0.15, 0.2) is 30.3 Å². The quantitative estimate of drug-likeness (QED) is 0.886. The highest BCUT2D eigenvalue weighted by atomic mass is 16.5. The van der Waals surface area contributed by atoms with Gasteiger partial charge in [0.25, 0.3) is 5.91 Å². The number of hydrogen-bond acceptors (Lipinski definition) is 3. The first-order valence-corrected chi connectivity index (χ1v) is 6.75. The van der Waals surface area contributed by atoms with Crippen LogP contribution in [0.1, 0.15) is 18.9 Å². The van der Waals surface area contributed by atoms with Gasteiger partial charge >= 0.3 is 5.97 Å². The van der Waals surface area contributed by atoms with E-state index in [0.29, 0.717) is 19.6 Å². The van der Waals surface area contributed by atoms with Crippen molar-refractivity contribution < 1.29 is 19.4 Å². The minimum absolute atomic E-state index is 0.135. The van der Waals surface area contributed by atoms with Crippen LogP contribution in [-0.4, -0.2) is 41.1 Å². The summed E-state index contributed by atoms with van der Waals surface area (Å²) in [4.78, 5) is 24.6. The van der Waals surface area contributed by atoms with Crippen LogP contribution in [0.3, 0.4) is 0 Å². The normalized spacial score (nSPS) is 19.9. The molecule has 0 bridgehead atoms. The molecule has 0 aliphatic carbocycles. The van der Waals surface area contributed by atoms with E-state index in [1.165, 1.54) is 0 Å². The van der Waals surface area contributed by atoms with Crippen molar-refractivity contribution in [2.24, 2.45) is 5.92 Å². The number of carboxylic acid groups (broad SMARTS) is 1. The molecule has 1 N–H and O–H groups in total. The molecule has 1 fully saturated rings. The minimum Gasteiger partial charge on any atom is -0.481 e. The fraction of sp³-hybridized carbons (Fsp3) is 0.467. The largest absolute Gasteiger partial charge is 0.481 e. The first-order chi connectivity index (χ1) is 9.58. The van der Waals surface area contributed by atoms with Gasteiger partial charge in [-0.05, 0) is 18.9 Å². The van der Waals surface area contributed by atoms with Gasteiger partial charge in [0.05, 0.1) is 12.5 Å². The van der Waals surface area contributed by atoms with Gasteiger partial charge in [0, 0.05) is 13.1 Å². The lowest BCUT2D eigenvalue weighted by atomic mass is 10.1. The Hall–Kier alpha value is -1.88. The lowest BCUT2D eigenvalue weighted by molar-refractivity contribution is -0.144. The van der Waals surface area contributed by atoms with Gasteiger partial charge < -0.3 is 14.7 Å². The van der Waals surface area contributed by atoms with Crippen molar-refractivity contribution in [3.8, 4) is 0 Å². The first kappa shape index (κ1) is 14.5.